The lowest BCUT2D eigenvalue weighted by molar-refractivity contribution is 0.153. The van der Waals surface area contributed by atoms with Crippen molar-refractivity contribution in [2.75, 3.05) is 26.7 Å². The molecule has 1 aliphatic rings. The van der Waals surface area contributed by atoms with Crippen LogP contribution in [0.1, 0.15) is 13.8 Å². The number of ether oxygens (including phenoxy) is 1. The van der Waals surface area contributed by atoms with Gasteiger partial charge in [0.15, 0.2) is 0 Å². The van der Waals surface area contributed by atoms with E-state index < -0.39 is 0 Å². The van der Waals surface area contributed by atoms with Crippen LogP contribution in [0.5, 0.6) is 0 Å². The van der Waals surface area contributed by atoms with Crippen LogP contribution in [0.25, 0.3) is 0 Å². The minimum absolute atomic E-state index is 0.171. The number of hydrogen-bond donors (Lipinski definition) is 1. The van der Waals surface area contributed by atoms with Gasteiger partial charge in [-0.1, -0.05) is 6.92 Å². The fourth-order valence-corrected chi connectivity index (χ4v) is 1.55. The SMILES string of the molecule is CNCC(C)CN1C(=O)OCC1C. The van der Waals surface area contributed by atoms with E-state index in [0.29, 0.717) is 12.5 Å². The normalized spacial score (nSPS) is 24.7. The lowest BCUT2D eigenvalue weighted by atomic mass is 10.1. The Morgan fingerprint density at radius 3 is 2.92 bits per heavy atom. The van der Waals surface area contributed by atoms with Gasteiger partial charge in [-0.2, -0.15) is 0 Å². The molecule has 0 aromatic heterocycles. The molecule has 4 heteroatoms. The van der Waals surface area contributed by atoms with Gasteiger partial charge in [-0.3, -0.25) is 0 Å². The van der Waals surface area contributed by atoms with Gasteiger partial charge >= 0.3 is 6.09 Å². The van der Waals surface area contributed by atoms with Crippen molar-refractivity contribution in [1.29, 1.82) is 0 Å². The molecule has 0 saturated carbocycles. The van der Waals surface area contributed by atoms with Gasteiger partial charge in [-0.15, -0.1) is 0 Å². The summed E-state index contributed by atoms with van der Waals surface area (Å²) in [6.07, 6.45) is -0.171. The Kier molecular flexibility index (Phi) is 3.54. The predicted molar refractivity (Wildman–Crippen MR) is 50.6 cm³/mol. The second-order valence-electron chi connectivity index (χ2n) is 3.74. The summed E-state index contributed by atoms with van der Waals surface area (Å²) in [5, 5.41) is 3.09. The van der Waals surface area contributed by atoms with Gasteiger partial charge in [0.05, 0.1) is 6.04 Å². The Morgan fingerprint density at radius 2 is 2.46 bits per heavy atom. The van der Waals surface area contributed by atoms with Gasteiger partial charge in [-0.05, 0) is 26.4 Å². The first kappa shape index (κ1) is 10.3. The van der Waals surface area contributed by atoms with Crippen LogP contribution in [0.2, 0.25) is 0 Å². The molecule has 1 heterocycles. The van der Waals surface area contributed by atoms with E-state index in [0.717, 1.165) is 13.1 Å². The number of carbonyl (C=O) groups is 1. The van der Waals surface area contributed by atoms with Crippen molar-refractivity contribution in [3.8, 4) is 0 Å². The largest absolute Gasteiger partial charge is 0.447 e. The summed E-state index contributed by atoms with van der Waals surface area (Å²) in [4.78, 5) is 13.0. The molecule has 76 valence electrons. The Labute approximate surface area is 79.2 Å². The molecule has 0 aliphatic carbocycles. The molecule has 2 atom stereocenters. The van der Waals surface area contributed by atoms with Gasteiger partial charge < -0.3 is 15.0 Å². The quantitative estimate of drug-likeness (QED) is 0.702. The zero-order valence-corrected chi connectivity index (χ0v) is 8.54. The molecule has 1 saturated heterocycles. The van der Waals surface area contributed by atoms with Crippen molar-refractivity contribution in [2.24, 2.45) is 5.92 Å². The Morgan fingerprint density at radius 1 is 1.77 bits per heavy atom. The van der Waals surface area contributed by atoms with Crippen LogP contribution in [-0.2, 0) is 4.74 Å². The van der Waals surface area contributed by atoms with Crippen LogP contribution >= 0.6 is 0 Å². The molecular formula is C9H18N2O2. The van der Waals surface area contributed by atoms with E-state index >= 15 is 0 Å². The second kappa shape index (κ2) is 4.46. The van der Waals surface area contributed by atoms with Crippen molar-refractivity contribution >= 4 is 6.09 Å². The first-order valence-corrected chi connectivity index (χ1v) is 4.73. The molecule has 1 fully saturated rings. The summed E-state index contributed by atoms with van der Waals surface area (Å²) < 4.78 is 4.92. The molecule has 4 nitrogen and oxygen atoms in total. The number of hydrogen-bond acceptors (Lipinski definition) is 3. The highest BCUT2D eigenvalue weighted by Crippen LogP contribution is 2.13. The molecule has 0 spiro atoms. The van der Waals surface area contributed by atoms with Crippen molar-refractivity contribution in [1.82, 2.24) is 10.2 Å². The third-order valence-electron chi connectivity index (χ3n) is 2.28. The zero-order valence-electron chi connectivity index (χ0n) is 8.54. The Hall–Kier alpha value is -0.770. The lowest BCUT2D eigenvalue weighted by Gasteiger charge is -2.21. The summed E-state index contributed by atoms with van der Waals surface area (Å²) in [5.41, 5.74) is 0. The van der Waals surface area contributed by atoms with Gasteiger partial charge in [-0.25, -0.2) is 4.79 Å². The number of rotatable bonds is 4. The monoisotopic (exact) mass is 186 g/mol. The van der Waals surface area contributed by atoms with Crippen LogP contribution in [0, 0.1) is 5.92 Å². The Bertz CT molecular complexity index is 184. The van der Waals surface area contributed by atoms with Crippen molar-refractivity contribution in [3.05, 3.63) is 0 Å². The van der Waals surface area contributed by atoms with Crippen LogP contribution in [0.4, 0.5) is 4.79 Å². The third kappa shape index (κ3) is 2.59. The van der Waals surface area contributed by atoms with E-state index in [1.54, 1.807) is 4.90 Å². The lowest BCUT2D eigenvalue weighted by Crippen LogP contribution is -2.37. The van der Waals surface area contributed by atoms with E-state index in [4.69, 9.17) is 4.74 Å². The molecule has 0 aromatic rings. The van der Waals surface area contributed by atoms with Crippen molar-refractivity contribution in [3.63, 3.8) is 0 Å². The number of cyclic esters (lactones) is 1. The van der Waals surface area contributed by atoms with E-state index in [2.05, 4.69) is 12.2 Å². The predicted octanol–water partition coefficient (Wildman–Crippen LogP) is 0.683. The highest BCUT2D eigenvalue weighted by molar-refractivity contribution is 5.69. The summed E-state index contributed by atoms with van der Waals surface area (Å²) in [5.74, 6) is 0.470. The molecule has 2 unspecified atom stereocenters. The maximum atomic E-state index is 11.2. The molecule has 0 bridgehead atoms. The standard InChI is InChI=1S/C9H18N2O2/c1-7(4-10-3)5-11-8(2)6-13-9(11)12/h7-8,10H,4-6H2,1-3H3. The number of amides is 1. The van der Waals surface area contributed by atoms with E-state index in [9.17, 15) is 4.79 Å². The third-order valence-corrected chi connectivity index (χ3v) is 2.28. The fourth-order valence-electron chi connectivity index (χ4n) is 1.55. The first-order chi connectivity index (χ1) is 6.15. The summed E-state index contributed by atoms with van der Waals surface area (Å²) >= 11 is 0. The molecular weight excluding hydrogens is 168 g/mol. The van der Waals surface area contributed by atoms with Crippen LogP contribution < -0.4 is 5.32 Å². The van der Waals surface area contributed by atoms with Gasteiger partial charge in [0.1, 0.15) is 6.61 Å². The zero-order chi connectivity index (χ0) is 9.84. The van der Waals surface area contributed by atoms with Crippen LogP contribution in [-0.4, -0.2) is 43.8 Å². The van der Waals surface area contributed by atoms with E-state index in [1.807, 2.05) is 14.0 Å². The molecule has 13 heavy (non-hydrogen) atoms. The minimum atomic E-state index is -0.171. The molecule has 1 amide bonds. The average molecular weight is 186 g/mol. The number of carbonyl (C=O) groups excluding carboxylic acids is 1. The highest BCUT2D eigenvalue weighted by Gasteiger charge is 2.29. The maximum Gasteiger partial charge on any atom is 0.410 e. The summed E-state index contributed by atoms with van der Waals surface area (Å²) in [7, 11) is 1.92. The smallest absolute Gasteiger partial charge is 0.410 e. The minimum Gasteiger partial charge on any atom is -0.447 e. The van der Waals surface area contributed by atoms with Gasteiger partial charge in [0, 0.05) is 6.54 Å². The molecule has 1 rings (SSSR count). The molecule has 1 aliphatic heterocycles. The van der Waals surface area contributed by atoms with Crippen molar-refractivity contribution in [2.45, 2.75) is 19.9 Å². The Balaban J connectivity index is 2.38. The highest BCUT2D eigenvalue weighted by atomic mass is 16.6. The fraction of sp³-hybridized carbons (Fsp3) is 0.889. The second-order valence-corrected chi connectivity index (χ2v) is 3.74. The van der Waals surface area contributed by atoms with Crippen LogP contribution in [0.15, 0.2) is 0 Å². The molecule has 0 aromatic carbocycles. The van der Waals surface area contributed by atoms with Gasteiger partial charge in [0.2, 0.25) is 0 Å². The van der Waals surface area contributed by atoms with Crippen LogP contribution in [0.3, 0.4) is 0 Å². The van der Waals surface area contributed by atoms with E-state index in [-0.39, 0.29) is 12.1 Å². The van der Waals surface area contributed by atoms with Crippen molar-refractivity contribution < 1.29 is 9.53 Å². The number of nitrogens with one attached hydrogen (secondary N) is 1. The maximum absolute atomic E-state index is 11.2. The summed E-state index contributed by atoms with van der Waals surface area (Å²) in [6, 6.07) is 0.229. The topological polar surface area (TPSA) is 41.6 Å². The molecule has 0 radical (unpaired) electrons. The average Bonchev–Trinajstić information content (AvgIpc) is 2.36. The summed E-state index contributed by atoms with van der Waals surface area (Å²) in [6.45, 7) is 6.37. The first-order valence-electron chi connectivity index (χ1n) is 4.73. The van der Waals surface area contributed by atoms with Gasteiger partial charge in [0.25, 0.3) is 0 Å². The molecule has 1 N–H and O–H groups in total. The number of nitrogens with zero attached hydrogens (tertiary/aromatic N) is 1. The van der Waals surface area contributed by atoms with E-state index in [1.165, 1.54) is 0 Å².